The van der Waals surface area contributed by atoms with Crippen LogP contribution in [0.2, 0.25) is 0 Å². The molecule has 0 aromatic rings. The molecule has 0 aliphatic heterocycles. The van der Waals surface area contributed by atoms with Gasteiger partial charge in [-0.3, -0.25) is 0 Å². The lowest BCUT2D eigenvalue weighted by atomic mass is 10.0. The third-order valence-electron chi connectivity index (χ3n) is 1.92. The lowest BCUT2D eigenvalue weighted by molar-refractivity contribution is 1.27. The van der Waals surface area contributed by atoms with Crippen LogP contribution in [0.1, 0.15) is 27.7 Å². The van der Waals surface area contributed by atoms with E-state index < -0.39 is 0 Å². The Morgan fingerprint density at radius 3 is 2.00 bits per heavy atom. The fraction of sp³-hybridized carbons (Fsp3) is 0.400. The van der Waals surface area contributed by atoms with Gasteiger partial charge in [-0.05, 0) is 38.8 Å². The lowest BCUT2D eigenvalue weighted by Crippen LogP contribution is -1.82. The number of rotatable bonds is 2. The fourth-order valence-electron chi connectivity index (χ4n) is 0.681. The van der Waals surface area contributed by atoms with Crippen molar-refractivity contribution >= 4 is 0 Å². The summed E-state index contributed by atoms with van der Waals surface area (Å²) in [7, 11) is 0. The van der Waals surface area contributed by atoms with Crippen molar-refractivity contribution in [3.05, 3.63) is 35.5 Å². The quantitative estimate of drug-likeness (QED) is 0.510. The van der Waals surface area contributed by atoms with E-state index in [0.717, 1.165) is 0 Å². The first-order valence-corrected chi connectivity index (χ1v) is 3.56. The van der Waals surface area contributed by atoms with E-state index in [0.29, 0.717) is 0 Å². The normalized spacial score (nSPS) is 14.6. The number of hydrogen-bond donors (Lipinski definition) is 0. The van der Waals surface area contributed by atoms with Crippen molar-refractivity contribution in [2.24, 2.45) is 0 Å². The van der Waals surface area contributed by atoms with Gasteiger partial charge < -0.3 is 0 Å². The zero-order valence-electron chi connectivity index (χ0n) is 7.36. The van der Waals surface area contributed by atoms with Crippen LogP contribution >= 0.6 is 0 Å². The summed E-state index contributed by atoms with van der Waals surface area (Å²) in [4.78, 5) is 0. The Balaban J connectivity index is 4.63. The van der Waals surface area contributed by atoms with Crippen LogP contribution in [0.25, 0.3) is 0 Å². The van der Waals surface area contributed by atoms with Crippen LogP contribution in [-0.4, -0.2) is 0 Å². The van der Waals surface area contributed by atoms with Gasteiger partial charge in [0.15, 0.2) is 0 Å². The highest BCUT2D eigenvalue weighted by molar-refractivity contribution is 5.35. The molecule has 0 aliphatic rings. The summed E-state index contributed by atoms with van der Waals surface area (Å²) in [6.07, 6.45) is 4.00. The van der Waals surface area contributed by atoms with Gasteiger partial charge in [0.1, 0.15) is 0 Å². The van der Waals surface area contributed by atoms with Crippen LogP contribution in [-0.2, 0) is 0 Å². The minimum atomic E-state index is 1.26. The molecule has 0 heterocycles. The second-order valence-electron chi connectivity index (χ2n) is 2.48. The second kappa shape index (κ2) is 4.10. The van der Waals surface area contributed by atoms with E-state index in [4.69, 9.17) is 0 Å². The lowest BCUT2D eigenvalue weighted by Gasteiger charge is -2.02. The summed E-state index contributed by atoms with van der Waals surface area (Å²) in [5.74, 6) is 0. The van der Waals surface area contributed by atoms with Crippen molar-refractivity contribution in [1.82, 2.24) is 0 Å². The average molecular weight is 136 g/mol. The van der Waals surface area contributed by atoms with Crippen molar-refractivity contribution < 1.29 is 0 Å². The first-order chi connectivity index (χ1) is 4.63. The molecule has 0 atom stereocenters. The molecule has 0 aliphatic carbocycles. The molecule has 0 saturated carbocycles. The highest BCUT2D eigenvalue weighted by Crippen LogP contribution is 2.13. The van der Waals surface area contributed by atoms with Gasteiger partial charge in [-0.15, -0.1) is 0 Å². The topological polar surface area (TPSA) is 0 Å². The number of hydrogen-bond acceptors (Lipinski definition) is 0. The van der Waals surface area contributed by atoms with E-state index in [1.165, 1.54) is 16.7 Å². The maximum atomic E-state index is 3.71. The number of allylic oxidation sites excluding steroid dienone is 5. The molecule has 0 aromatic heterocycles. The molecule has 56 valence electrons. The summed E-state index contributed by atoms with van der Waals surface area (Å²) >= 11 is 0. The maximum Gasteiger partial charge on any atom is -0.0393 e. The van der Waals surface area contributed by atoms with Crippen molar-refractivity contribution in [2.45, 2.75) is 27.7 Å². The van der Waals surface area contributed by atoms with E-state index >= 15 is 0 Å². The summed E-state index contributed by atoms with van der Waals surface area (Å²) in [6, 6.07) is 0. The van der Waals surface area contributed by atoms with Gasteiger partial charge in [0.05, 0.1) is 0 Å². The van der Waals surface area contributed by atoms with Crippen LogP contribution in [0.15, 0.2) is 35.5 Å². The summed E-state index contributed by atoms with van der Waals surface area (Å²) in [5.41, 5.74) is 3.92. The molecule has 0 unspecified atom stereocenters. The van der Waals surface area contributed by atoms with E-state index in [1.54, 1.807) is 0 Å². The van der Waals surface area contributed by atoms with Crippen molar-refractivity contribution in [3.8, 4) is 0 Å². The van der Waals surface area contributed by atoms with Gasteiger partial charge in [0.2, 0.25) is 0 Å². The van der Waals surface area contributed by atoms with Gasteiger partial charge in [0.25, 0.3) is 0 Å². The average Bonchev–Trinajstić information content (AvgIpc) is 2.00. The van der Waals surface area contributed by atoms with Crippen LogP contribution in [0.5, 0.6) is 0 Å². The molecule has 0 heteroatoms. The van der Waals surface area contributed by atoms with E-state index in [2.05, 4.69) is 40.3 Å². The minimum Gasteiger partial charge on any atom is -0.0988 e. The highest BCUT2D eigenvalue weighted by Gasteiger charge is 1.92. The van der Waals surface area contributed by atoms with Gasteiger partial charge in [-0.25, -0.2) is 0 Å². The van der Waals surface area contributed by atoms with Crippen LogP contribution < -0.4 is 0 Å². The molecule has 0 nitrogen and oxygen atoms in total. The summed E-state index contributed by atoms with van der Waals surface area (Å²) in [5, 5.41) is 0. The molecule has 0 amide bonds. The Hall–Kier alpha value is -0.780. The monoisotopic (exact) mass is 136 g/mol. The van der Waals surface area contributed by atoms with E-state index in [1.807, 2.05) is 6.08 Å². The largest absolute Gasteiger partial charge is 0.0988 e. The first kappa shape index (κ1) is 9.22. The van der Waals surface area contributed by atoms with Gasteiger partial charge >= 0.3 is 0 Å². The Labute approximate surface area is 64.0 Å². The Morgan fingerprint density at radius 2 is 1.70 bits per heavy atom. The standard InChI is InChI=1S/C10H16/c1-6-8(3)10(5)9(4)7-2/h6-7H,1H2,2-5H3/b9-7-,10-8-. The maximum absolute atomic E-state index is 3.71. The van der Waals surface area contributed by atoms with Crippen LogP contribution in [0, 0.1) is 0 Å². The molecule has 0 bridgehead atoms. The van der Waals surface area contributed by atoms with Crippen LogP contribution in [0.4, 0.5) is 0 Å². The van der Waals surface area contributed by atoms with Crippen LogP contribution in [0.3, 0.4) is 0 Å². The molecule has 0 N–H and O–H groups in total. The zero-order valence-corrected chi connectivity index (χ0v) is 7.36. The van der Waals surface area contributed by atoms with Crippen molar-refractivity contribution in [2.75, 3.05) is 0 Å². The molecule has 0 aromatic carbocycles. The molecular weight excluding hydrogens is 120 g/mol. The Kier molecular flexibility index (Phi) is 3.78. The Bertz CT molecular complexity index is 180. The molecule has 0 radical (unpaired) electrons. The minimum absolute atomic E-state index is 1.26. The SMILES string of the molecule is C=C/C(C)=C(C)\C(C)=C/C. The summed E-state index contributed by atoms with van der Waals surface area (Å²) in [6.45, 7) is 12.1. The molecule has 0 spiro atoms. The summed E-state index contributed by atoms with van der Waals surface area (Å²) < 4.78 is 0. The molecule has 10 heavy (non-hydrogen) atoms. The molecular formula is C10H16. The second-order valence-corrected chi connectivity index (χ2v) is 2.48. The van der Waals surface area contributed by atoms with Gasteiger partial charge in [0, 0.05) is 0 Å². The molecule has 0 fully saturated rings. The Morgan fingerprint density at radius 1 is 1.20 bits per heavy atom. The predicted octanol–water partition coefficient (Wildman–Crippen LogP) is 3.48. The zero-order chi connectivity index (χ0) is 8.15. The smallest absolute Gasteiger partial charge is 0.0393 e. The van der Waals surface area contributed by atoms with Crippen molar-refractivity contribution in [1.29, 1.82) is 0 Å². The fourth-order valence-corrected chi connectivity index (χ4v) is 0.681. The van der Waals surface area contributed by atoms with Gasteiger partial charge in [-0.1, -0.05) is 24.3 Å². The van der Waals surface area contributed by atoms with E-state index in [9.17, 15) is 0 Å². The molecule has 0 saturated heterocycles. The van der Waals surface area contributed by atoms with Gasteiger partial charge in [-0.2, -0.15) is 0 Å². The highest BCUT2D eigenvalue weighted by atomic mass is 14.0. The molecule has 0 rings (SSSR count). The third kappa shape index (κ3) is 2.22. The first-order valence-electron chi connectivity index (χ1n) is 3.56. The third-order valence-corrected chi connectivity index (χ3v) is 1.92. The predicted molar refractivity (Wildman–Crippen MR) is 48.0 cm³/mol. The van der Waals surface area contributed by atoms with E-state index in [-0.39, 0.29) is 0 Å². The van der Waals surface area contributed by atoms with Crippen molar-refractivity contribution in [3.63, 3.8) is 0 Å².